The SMILES string of the molecule is C=C(C)C(=O)O.C=C(C)C(=O)O.O.OCCO. The van der Waals surface area contributed by atoms with Crippen LogP contribution in [-0.4, -0.2) is 51.1 Å². The van der Waals surface area contributed by atoms with Gasteiger partial charge in [-0.2, -0.15) is 0 Å². The summed E-state index contributed by atoms with van der Waals surface area (Å²) in [6.07, 6.45) is 0. The number of aliphatic hydroxyl groups excluding tert-OH is 2. The molecule has 102 valence electrons. The summed E-state index contributed by atoms with van der Waals surface area (Å²) in [6, 6.07) is 0. The van der Waals surface area contributed by atoms with Crippen molar-refractivity contribution in [3.8, 4) is 0 Å². The molecule has 0 radical (unpaired) electrons. The van der Waals surface area contributed by atoms with Gasteiger partial charge in [0.15, 0.2) is 0 Å². The van der Waals surface area contributed by atoms with Gasteiger partial charge in [-0.3, -0.25) is 0 Å². The van der Waals surface area contributed by atoms with Gasteiger partial charge in [0.1, 0.15) is 0 Å². The zero-order valence-electron chi connectivity index (χ0n) is 9.93. The maximum absolute atomic E-state index is 9.60. The summed E-state index contributed by atoms with van der Waals surface area (Å²) < 4.78 is 0. The Bertz CT molecular complexity index is 195. The Kier molecular flexibility index (Phi) is 24.1. The molecule has 0 aliphatic heterocycles. The van der Waals surface area contributed by atoms with Crippen LogP contribution in [0.2, 0.25) is 0 Å². The minimum absolute atomic E-state index is 0. The maximum Gasteiger partial charge on any atom is 0.330 e. The molecule has 7 heteroatoms. The highest BCUT2D eigenvalue weighted by molar-refractivity contribution is 5.85. The van der Waals surface area contributed by atoms with Gasteiger partial charge in [0.2, 0.25) is 0 Å². The molecule has 0 aromatic heterocycles. The average molecular weight is 252 g/mol. The summed E-state index contributed by atoms with van der Waals surface area (Å²) in [5.41, 5.74) is 0.352. The highest BCUT2D eigenvalue weighted by Crippen LogP contribution is 1.81. The average Bonchev–Trinajstić information content (AvgIpc) is 2.18. The molecule has 0 aliphatic carbocycles. The zero-order valence-corrected chi connectivity index (χ0v) is 9.93. The molecule has 6 N–H and O–H groups in total. The second-order valence-corrected chi connectivity index (χ2v) is 2.62. The topological polar surface area (TPSA) is 147 Å². The van der Waals surface area contributed by atoms with Gasteiger partial charge >= 0.3 is 11.9 Å². The Morgan fingerprint density at radius 1 is 0.882 bits per heavy atom. The first-order chi connectivity index (χ1) is 7.20. The highest BCUT2D eigenvalue weighted by atomic mass is 16.4. The number of aliphatic carboxylic acids is 2. The van der Waals surface area contributed by atoms with Crippen LogP contribution < -0.4 is 0 Å². The van der Waals surface area contributed by atoms with Crippen LogP contribution in [0.25, 0.3) is 0 Å². The lowest BCUT2D eigenvalue weighted by atomic mass is 10.4. The molecule has 17 heavy (non-hydrogen) atoms. The van der Waals surface area contributed by atoms with Gasteiger partial charge < -0.3 is 25.9 Å². The van der Waals surface area contributed by atoms with E-state index in [1.54, 1.807) is 0 Å². The number of hydrogen-bond donors (Lipinski definition) is 4. The molecule has 0 fully saturated rings. The Labute approximate surface area is 99.6 Å². The summed E-state index contributed by atoms with van der Waals surface area (Å²) in [4.78, 5) is 19.2. The van der Waals surface area contributed by atoms with Gasteiger partial charge in [-0.05, 0) is 13.8 Å². The molecule has 0 bridgehead atoms. The Morgan fingerprint density at radius 2 is 1.00 bits per heavy atom. The van der Waals surface area contributed by atoms with E-state index in [2.05, 4.69) is 13.2 Å². The fourth-order valence-corrected chi connectivity index (χ4v) is 0. The van der Waals surface area contributed by atoms with Crippen LogP contribution in [0, 0.1) is 0 Å². The lowest BCUT2D eigenvalue weighted by Crippen LogP contribution is -1.92. The summed E-state index contributed by atoms with van der Waals surface area (Å²) in [6.45, 7) is 8.95. The highest BCUT2D eigenvalue weighted by Gasteiger charge is 1.90. The molecule has 0 amide bonds. The summed E-state index contributed by atoms with van der Waals surface area (Å²) >= 11 is 0. The Morgan fingerprint density at radius 3 is 1.00 bits per heavy atom. The summed E-state index contributed by atoms with van der Waals surface area (Å²) in [7, 11) is 0. The second kappa shape index (κ2) is 16.7. The van der Waals surface area contributed by atoms with Crippen LogP contribution in [0.15, 0.2) is 24.3 Å². The normalized spacial score (nSPS) is 7.06. The van der Waals surface area contributed by atoms with E-state index in [-0.39, 0.29) is 29.8 Å². The molecule has 7 nitrogen and oxygen atoms in total. The largest absolute Gasteiger partial charge is 0.478 e. The van der Waals surface area contributed by atoms with Gasteiger partial charge in [-0.1, -0.05) is 13.2 Å². The minimum Gasteiger partial charge on any atom is -0.478 e. The molecule has 0 saturated heterocycles. The van der Waals surface area contributed by atoms with Crippen molar-refractivity contribution in [1.82, 2.24) is 0 Å². The second-order valence-electron chi connectivity index (χ2n) is 2.62. The van der Waals surface area contributed by atoms with Crippen LogP contribution in [0.3, 0.4) is 0 Å². The van der Waals surface area contributed by atoms with Crippen LogP contribution in [0.5, 0.6) is 0 Å². The first kappa shape index (κ1) is 24.5. The molecule has 0 heterocycles. The third kappa shape index (κ3) is 40.6. The van der Waals surface area contributed by atoms with Gasteiger partial charge in [0, 0.05) is 11.1 Å². The van der Waals surface area contributed by atoms with E-state index < -0.39 is 11.9 Å². The standard InChI is InChI=1S/2C4H6O2.C2H6O2.H2O/c2*1-3(2)4(5)6;3-1-2-4;/h2*1H2,2H3,(H,5,6);3-4H,1-2H2;1H2. The summed E-state index contributed by atoms with van der Waals surface area (Å²) in [5.74, 6) is -1.87. The Balaban J connectivity index is -0.0000000741. The van der Waals surface area contributed by atoms with E-state index in [1.165, 1.54) is 13.8 Å². The number of carbonyl (C=O) groups is 2. The Hall–Kier alpha value is -1.70. The van der Waals surface area contributed by atoms with Crippen molar-refractivity contribution in [2.45, 2.75) is 13.8 Å². The van der Waals surface area contributed by atoms with Crippen LogP contribution in [0.1, 0.15) is 13.8 Å². The first-order valence-corrected chi connectivity index (χ1v) is 4.20. The van der Waals surface area contributed by atoms with E-state index in [4.69, 9.17) is 20.4 Å². The van der Waals surface area contributed by atoms with E-state index in [0.29, 0.717) is 0 Å². The number of carboxylic acids is 2. The predicted molar refractivity (Wildman–Crippen MR) is 62.7 cm³/mol. The molecule has 0 aromatic carbocycles. The van der Waals surface area contributed by atoms with Crippen molar-refractivity contribution in [3.05, 3.63) is 24.3 Å². The lowest BCUT2D eigenvalue weighted by molar-refractivity contribution is -0.133. The quantitative estimate of drug-likeness (QED) is 0.495. The third-order valence-electron chi connectivity index (χ3n) is 0.830. The fourth-order valence-electron chi connectivity index (χ4n) is 0. The number of aliphatic hydroxyl groups is 2. The van der Waals surface area contributed by atoms with Gasteiger partial charge in [-0.25, -0.2) is 9.59 Å². The van der Waals surface area contributed by atoms with E-state index in [0.717, 1.165) is 0 Å². The van der Waals surface area contributed by atoms with Gasteiger partial charge in [0.25, 0.3) is 0 Å². The predicted octanol–water partition coefficient (Wildman–Crippen LogP) is -0.560. The van der Waals surface area contributed by atoms with Crippen molar-refractivity contribution in [3.63, 3.8) is 0 Å². The van der Waals surface area contributed by atoms with Crippen LogP contribution in [0.4, 0.5) is 0 Å². The third-order valence-corrected chi connectivity index (χ3v) is 0.830. The maximum atomic E-state index is 9.60. The molecule has 0 unspecified atom stereocenters. The van der Waals surface area contributed by atoms with Crippen LogP contribution in [-0.2, 0) is 9.59 Å². The van der Waals surface area contributed by atoms with Gasteiger partial charge in [-0.15, -0.1) is 0 Å². The monoisotopic (exact) mass is 252 g/mol. The molecule has 0 saturated carbocycles. The molecule has 0 aliphatic rings. The number of carboxylic acid groups (broad SMARTS) is 2. The van der Waals surface area contributed by atoms with Crippen molar-refractivity contribution >= 4 is 11.9 Å². The smallest absolute Gasteiger partial charge is 0.330 e. The van der Waals surface area contributed by atoms with E-state index in [1.807, 2.05) is 0 Å². The molecule has 0 atom stereocenters. The van der Waals surface area contributed by atoms with Crippen molar-refractivity contribution in [1.29, 1.82) is 0 Å². The van der Waals surface area contributed by atoms with Crippen molar-refractivity contribution in [2.75, 3.05) is 13.2 Å². The molecule has 0 spiro atoms. The van der Waals surface area contributed by atoms with Crippen molar-refractivity contribution < 1.29 is 35.5 Å². The first-order valence-electron chi connectivity index (χ1n) is 4.20. The fraction of sp³-hybridized carbons (Fsp3) is 0.400. The lowest BCUT2D eigenvalue weighted by Gasteiger charge is -1.79. The zero-order chi connectivity index (χ0) is 13.7. The molecule has 0 rings (SSSR count). The van der Waals surface area contributed by atoms with Crippen LogP contribution >= 0.6 is 0 Å². The van der Waals surface area contributed by atoms with Gasteiger partial charge in [0.05, 0.1) is 13.2 Å². The number of hydrogen-bond acceptors (Lipinski definition) is 4. The van der Waals surface area contributed by atoms with E-state index in [9.17, 15) is 9.59 Å². The molecular weight excluding hydrogens is 232 g/mol. The molecule has 0 aromatic rings. The van der Waals surface area contributed by atoms with Crippen molar-refractivity contribution in [2.24, 2.45) is 0 Å². The minimum atomic E-state index is -0.935. The summed E-state index contributed by atoms with van der Waals surface area (Å²) in [5, 5.41) is 31.0. The van der Waals surface area contributed by atoms with E-state index >= 15 is 0 Å². The molecular formula is C10H20O7. The number of rotatable bonds is 3.